The molecule has 5 nitrogen and oxygen atoms in total. The van der Waals surface area contributed by atoms with Crippen molar-refractivity contribution in [3.63, 3.8) is 0 Å². The fourth-order valence-electron chi connectivity index (χ4n) is 1.42. The number of anilines is 1. The Hall–Kier alpha value is -2.43. The summed E-state index contributed by atoms with van der Waals surface area (Å²) >= 11 is 0. The van der Waals surface area contributed by atoms with Crippen LogP contribution in [-0.2, 0) is 0 Å². The number of rotatable bonds is 2. The van der Waals surface area contributed by atoms with Gasteiger partial charge < -0.3 is 10.0 Å². The Bertz CT molecular complexity index is 528. The minimum Gasteiger partial charge on any atom is -0.505 e. The summed E-state index contributed by atoms with van der Waals surface area (Å²) in [4.78, 5) is 21.2. The second-order valence-electron chi connectivity index (χ2n) is 3.47. The molecule has 0 atom stereocenters. The van der Waals surface area contributed by atoms with Crippen LogP contribution in [0, 0.1) is 0 Å². The van der Waals surface area contributed by atoms with Crippen molar-refractivity contribution in [2.45, 2.75) is 0 Å². The minimum atomic E-state index is -0.307. The summed E-state index contributed by atoms with van der Waals surface area (Å²) < 4.78 is 0. The first-order valence-electron chi connectivity index (χ1n) is 5.01. The fourth-order valence-corrected chi connectivity index (χ4v) is 1.42. The van der Waals surface area contributed by atoms with E-state index in [9.17, 15) is 9.90 Å². The van der Waals surface area contributed by atoms with E-state index in [1.54, 1.807) is 31.6 Å². The highest BCUT2D eigenvalue weighted by molar-refractivity contribution is 6.07. The summed E-state index contributed by atoms with van der Waals surface area (Å²) in [7, 11) is 1.62. The third-order valence-electron chi connectivity index (χ3n) is 2.37. The van der Waals surface area contributed by atoms with E-state index in [4.69, 9.17) is 0 Å². The number of hydrogen-bond acceptors (Lipinski definition) is 4. The van der Waals surface area contributed by atoms with Crippen LogP contribution in [0.15, 0.2) is 43.0 Å². The molecule has 2 rings (SSSR count). The van der Waals surface area contributed by atoms with Gasteiger partial charge in [-0.1, -0.05) is 0 Å². The highest BCUT2D eigenvalue weighted by Crippen LogP contribution is 2.19. The Morgan fingerprint density at radius 2 is 2.00 bits per heavy atom. The molecule has 0 radical (unpaired) electrons. The SMILES string of the molecule is CN(C(=O)c1ccncc1O)c1cccnc1. The number of hydrogen-bond donors (Lipinski definition) is 1. The summed E-state index contributed by atoms with van der Waals surface area (Å²) in [6.45, 7) is 0. The van der Waals surface area contributed by atoms with E-state index in [1.165, 1.54) is 23.4 Å². The molecule has 0 bridgehead atoms. The molecular weight excluding hydrogens is 218 g/mol. The van der Waals surface area contributed by atoms with Crippen LogP contribution < -0.4 is 4.90 Å². The second-order valence-corrected chi connectivity index (χ2v) is 3.47. The molecule has 1 amide bonds. The van der Waals surface area contributed by atoms with E-state index in [2.05, 4.69) is 9.97 Å². The largest absolute Gasteiger partial charge is 0.505 e. The molecule has 2 heterocycles. The van der Waals surface area contributed by atoms with Gasteiger partial charge >= 0.3 is 0 Å². The molecule has 0 aromatic carbocycles. The van der Waals surface area contributed by atoms with E-state index in [1.807, 2.05) is 0 Å². The lowest BCUT2D eigenvalue weighted by Gasteiger charge is -2.17. The molecule has 5 heteroatoms. The van der Waals surface area contributed by atoms with Gasteiger partial charge in [-0.3, -0.25) is 14.8 Å². The molecule has 2 aromatic rings. The zero-order valence-corrected chi connectivity index (χ0v) is 9.24. The van der Waals surface area contributed by atoms with Crippen LogP contribution in [0.1, 0.15) is 10.4 Å². The Balaban J connectivity index is 2.30. The molecule has 2 aromatic heterocycles. The Kier molecular flexibility index (Phi) is 3.00. The maximum absolute atomic E-state index is 12.1. The van der Waals surface area contributed by atoms with E-state index in [-0.39, 0.29) is 17.2 Å². The molecule has 0 spiro atoms. The summed E-state index contributed by atoms with van der Waals surface area (Å²) in [6, 6.07) is 4.99. The van der Waals surface area contributed by atoms with Crippen LogP contribution in [0.5, 0.6) is 5.75 Å². The first-order valence-corrected chi connectivity index (χ1v) is 5.01. The first-order chi connectivity index (χ1) is 8.20. The van der Waals surface area contributed by atoms with Crippen molar-refractivity contribution < 1.29 is 9.90 Å². The van der Waals surface area contributed by atoms with E-state index in [0.29, 0.717) is 5.69 Å². The van der Waals surface area contributed by atoms with Gasteiger partial charge in [0, 0.05) is 19.4 Å². The maximum atomic E-state index is 12.1. The molecule has 86 valence electrons. The topological polar surface area (TPSA) is 66.3 Å². The maximum Gasteiger partial charge on any atom is 0.261 e. The van der Waals surface area contributed by atoms with Crippen molar-refractivity contribution in [2.24, 2.45) is 0 Å². The van der Waals surface area contributed by atoms with E-state index >= 15 is 0 Å². The molecule has 0 saturated carbocycles. The Morgan fingerprint density at radius 3 is 2.65 bits per heavy atom. The normalized spacial score (nSPS) is 9.94. The van der Waals surface area contributed by atoms with Gasteiger partial charge in [0.05, 0.1) is 23.6 Å². The van der Waals surface area contributed by atoms with Gasteiger partial charge in [0.25, 0.3) is 5.91 Å². The predicted molar refractivity (Wildman–Crippen MR) is 62.9 cm³/mol. The van der Waals surface area contributed by atoms with E-state index in [0.717, 1.165) is 0 Å². The third kappa shape index (κ3) is 2.23. The number of aromatic nitrogens is 2. The number of pyridine rings is 2. The van der Waals surface area contributed by atoms with Crippen molar-refractivity contribution in [3.8, 4) is 5.75 Å². The number of amides is 1. The van der Waals surface area contributed by atoms with Crippen molar-refractivity contribution in [1.29, 1.82) is 0 Å². The summed E-state index contributed by atoms with van der Waals surface area (Å²) in [5.41, 5.74) is 0.875. The Morgan fingerprint density at radius 1 is 1.24 bits per heavy atom. The van der Waals surface area contributed by atoms with Crippen molar-refractivity contribution in [2.75, 3.05) is 11.9 Å². The van der Waals surface area contributed by atoms with Crippen molar-refractivity contribution in [1.82, 2.24) is 9.97 Å². The molecule has 0 unspecified atom stereocenters. The molecule has 0 fully saturated rings. The van der Waals surface area contributed by atoms with Crippen molar-refractivity contribution in [3.05, 3.63) is 48.5 Å². The van der Waals surface area contributed by atoms with Gasteiger partial charge in [0.1, 0.15) is 5.75 Å². The van der Waals surface area contributed by atoms with Gasteiger partial charge in [-0.05, 0) is 18.2 Å². The van der Waals surface area contributed by atoms with Gasteiger partial charge in [0.15, 0.2) is 0 Å². The van der Waals surface area contributed by atoms with Crippen LogP contribution in [-0.4, -0.2) is 28.0 Å². The van der Waals surface area contributed by atoms with Crippen LogP contribution in [0.3, 0.4) is 0 Å². The molecular formula is C12H11N3O2. The monoisotopic (exact) mass is 229 g/mol. The van der Waals surface area contributed by atoms with Gasteiger partial charge in [-0.2, -0.15) is 0 Å². The fraction of sp³-hybridized carbons (Fsp3) is 0.0833. The van der Waals surface area contributed by atoms with Gasteiger partial charge in [-0.25, -0.2) is 0 Å². The van der Waals surface area contributed by atoms with E-state index < -0.39 is 0 Å². The zero-order valence-electron chi connectivity index (χ0n) is 9.24. The molecule has 0 aliphatic carbocycles. The number of carbonyl (C=O) groups is 1. The predicted octanol–water partition coefficient (Wildman–Crippen LogP) is 1.46. The van der Waals surface area contributed by atoms with Crippen LogP contribution in [0.2, 0.25) is 0 Å². The Labute approximate surface area is 98.4 Å². The standard InChI is InChI=1S/C12H11N3O2/c1-15(9-3-2-5-13-7-9)12(17)10-4-6-14-8-11(10)16/h2-8,16H,1H3. The van der Waals surface area contributed by atoms with Crippen LogP contribution >= 0.6 is 0 Å². The smallest absolute Gasteiger partial charge is 0.261 e. The van der Waals surface area contributed by atoms with Gasteiger partial charge in [0.2, 0.25) is 0 Å². The quantitative estimate of drug-likeness (QED) is 0.846. The zero-order chi connectivity index (χ0) is 12.3. The van der Waals surface area contributed by atoms with Gasteiger partial charge in [-0.15, -0.1) is 0 Å². The first kappa shape index (κ1) is 11.1. The average molecular weight is 229 g/mol. The summed E-state index contributed by atoms with van der Waals surface area (Å²) in [5.74, 6) is -0.439. The summed E-state index contributed by atoms with van der Waals surface area (Å²) in [6.07, 6.45) is 5.91. The molecule has 17 heavy (non-hydrogen) atoms. The summed E-state index contributed by atoms with van der Waals surface area (Å²) in [5, 5.41) is 9.55. The van der Waals surface area contributed by atoms with Crippen molar-refractivity contribution >= 4 is 11.6 Å². The molecule has 0 aliphatic rings. The lowest BCUT2D eigenvalue weighted by atomic mass is 10.2. The van der Waals surface area contributed by atoms with Crippen LogP contribution in [0.4, 0.5) is 5.69 Å². The number of carbonyl (C=O) groups excluding carboxylic acids is 1. The molecule has 1 N–H and O–H groups in total. The minimum absolute atomic E-state index is 0.131. The second kappa shape index (κ2) is 4.61. The number of nitrogens with zero attached hydrogens (tertiary/aromatic N) is 3. The number of aromatic hydroxyl groups is 1. The molecule has 0 saturated heterocycles. The highest BCUT2D eigenvalue weighted by Gasteiger charge is 2.16. The third-order valence-corrected chi connectivity index (χ3v) is 2.37. The van der Waals surface area contributed by atoms with Crippen LogP contribution in [0.25, 0.3) is 0 Å². The lowest BCUT2D eigenvalue weighted by Crippen LogP contribution is -2.26. The average Bonchev–Trinajstić information content (AvgIpc) is 2.39. The highest BCUT2D eigenvalue weighted by atomic mass is 16.3. The molecule has 0 aliphatic heterocycles. The lowest BCUT2D eigenvalue weighted by molar-refractivity contribution is 0.0990.